The van der Waals surface area contributed by atoms with Crippen molar-refractivity contribution in [3.8, 4) is 0 Å². The maximum Gasteiger partial charge on any atom is 0.0589 e. The van der Waals surface area contributed by atoms with E-state index in [4.69, 9.17) is 17.3 Å². The van der Waals surface area contributed by atoms with Crippen LogP contribution in [-0.4, -0.2) is 6.54 Å². The Balaban J connectivity index is 2.04. The van der Waals surface area contributed by atoms with Gasteiger partial charge in [-0.2, -0.15) is 0 Å². The highest BCUT2D eigenvalue weighted by molar-refractivity contribution is 6.31. The van der Waals surface area contributed by atoms with Gasteiger partial charge >= 0.3 is 0 Å². The molecule has 1 aromatic carbocycles. The summed E-state index contributed by atoms with van der Waals surface area (Å²) in [6.45, 7) is 5.64. The topological polar surface area (TPSA) is 38.0 Å². The van der Waals surface area contributed by atoms with Crippen LogP contribution in [0.15, 0.2) is 18.2 Å². The first kappa shape index (κ1) is 14.5. The fourth-order valence-corrected chi connectivity index (χ4v) is 3.58. The maximum atomic E-state index is 6.04. The highest BCUT2D eigenvalue weighted by atomic mass is 35.5. The molecule has 0 unspecified atom stereocenters. The van der Waals surface area contributed by atoms with Crippen molar-refractivity contribution in [2.24, 2.45) is 11.3 Å². The summed E-state index contributed by atoms with van der Waals surface area (Å²) in [5, 5.41) is 4.27. The van der Waals surface area contributed by atoms with Gasteiger partial charge in [-0.05, 0) is 48.8 Å². The molecule has 0 aliphatic heterocycles. The van der Waals surface area contributed by atoms with Gasteiger partial charge in [-0.15, -0.1) is 0 Å². The number of nitrogens with two attached hydrogens (primary N) is 1. The molecule has 0 heterocycles. The molecule has 3 heteroatoms. The van der Waals surface area contributed by atoms with E-state index in [-0.39, 0.29) is 0 Å². The third kappa shape index (κ3) is 3.79. The fraction of sp³-hybridized carbons (Fsp3) is 0.625. The first-order chi connectivity index (χ1) is 9.01. The molecule has 0 saturated heterocycles. The van der Waals surface area contributed by atoms with Crippen molar-refractivity contribution in [3.05, 3.63) is 23.2 Å². The van der Waals surface area contributed by atoms with Gasteiger partial charge in [-0.25, -0.2) is 0 Å². The van der Waals surface area contributed by atoms with Crippen LogP contribution in [0.4, 0.5) is 11.4 Å². The molecule has 1 fully saturated rings. The molecule has 1 aromatic rings. The smallest absolute Gasteiger partial charge is 0.0589 e. The minimum atomic E-state index is 0.447. The predicted octanol–water partition coefficient (Wildman–Crippen LogP) is 4.94. The molecule has 0 spiro atoms. The lowest BCUT2D eigenvalue weighted by Gasteiger charge is -2.32. The van der Waals surface area contributed by atoms with E-state index in [2.05, 4.69) is 19.2 Å². The van der Waals surface area contributed by atoms with E-state index < -0.39 is 0 Å². The second-order valence-electron chi connectivity index (χ2n) is 6.39. The van der Waals surface area contributed by atoms with Crippen LogP contribution >= 0.6 is 11.6 Å². The zero-order valence-corrected chi connectivity index (χ0v) is 12.8. The molecule has 0 aromatic heterocycles. The van der Waals surface area contributed by atoms with E-state index in [1.807, 2.05) is 18.2 Å². The van der Waals surface area contributed by atoms with E-state index in [0.29, 0.717) is 5.41 Å². The minimum absolute atomic E-state index is 0.447. The Bertz CT molecular complexity index is 423. The first-order valence-electron chi connectivity index (χ1n) is 7.30. The largest absolute Gasteiger partial charge is 0.397 e. The second-order valence-corrected chi connectivity index (χ2v) is 6.83. The van der Waals surface area contributed by atoms with Crippen LogP contribution in [0.25, 0.3) is 0 Å². The van der Waals surface area contributed by atoms with Crippen molar-refractivity contribution in [3.63, 3.8) is 0 Å². The minimum Gasteiger partial charge on any atom is -0.397 e. The van der Waals surface area contributed by atoms with Gasteiger partial charge in [0.25, 0.3) is 0 Å². The molecule has 106 valence electrons. The average molecular weight is 281 g/mol. The Morgan fingerprint density at radius 1 is 1.32 bits per heavy atom. The van der Waals surface area contributed by atoms with Crippen LogP contribution in [0.2, 0.25) is 5.02 Å². The Labute approximate surface area is 121 Å². The summed E-state index contributed by atoms with van der Waals surface area (Å²) < 4.78 is 0. The fourth-order valence-electron chi connectivity index (χ4n) is 3.41. The van der Waals surface area contributed by atoms with Gasteiger partial charge in [0.05, 0.1) is 11.4 Å². The van der Waals surface area contributed by atoms with Gasteiger partial charge in [0.15, 0.2) is 0 Å². The van der Waals surface area contributed by atoms with Crippen molar-refractivity contribution in [1.29, 1.82) is 0 Å². The summed E-state index contributed by atoms with van der Waals surface area (Å²) in [6.07, 6.45) is 6.68. The maximum absolute atomic E-state index is 6.04. The Morgan fingerprint density at radius 2 is 2.00 bits per heavy atom. The van der Waals surface area contributed by atoms with Crippen LogP contribution < -0.4 is 11.1 Å². The number of rotatable bonds is 5. The van der Waals surface area contributed by atoms with Crippen LogP contribution in [0.3, 0.4) is 0 Å². The van der Waals surface area contributed by atoms with E-state index in [0.717, 1.165) is 28.9 Å². The lowest BCUT2D eigenvalue weighted by molar-refractivity contribution is 0.252. The lowest BCUT2D eigenvalue weighted by Crippen LogP contribution is -2.28. The summed E-state index contributed by atoms with van der Waals surface area (Å²) in [7, 11) is 0. The number of hydrogen-bond donors (Lipinski definition) is 2. The molecule has 0 amide bonds. The molecule has 19 heavy (non-hydrogen) atoms. The molecular formula is C16H25ClN2. The van der Waals surface area contributed by atoms with Gasteiger partial charge in [0, 0.05) is 11.6 Å². The number of nitrogen functional groups attached to an aromatic ring is 1. The van der Waals surface area contributed by atoms with Gasteiger partial charge in [0.2, 0.25) is 0 Å². The quantitative estimate of drug-likeness (QED) is 0.750. The van der Waals surface area contributed by atoms with E-state index >= 15 is 0 Å². The molecule has 1 saturated carbocycles. The van der Waals surface area contributed by atoms with E-state index in [9.17, 15) is 0 Å². The number of benzene rings is 1. The number of halogens is 1. The molecule has 2 nitrogen and oxygen atoms in total. The van der Waals surface area contributed by atoms with Gasteiger partial charge in [0.1, 0.15) is 0 Å². The van der Waals surface area contributed by atoms with Crippen molar-refractivity contribution in [1.82, 2.24) is 0 Å². The highest BCUT2D eigenvalue weighted by Gasteiger charge is 2.34. The summed E-state index contributed by atoms with van der Waals surface area (Å²) in [4.78, 5) is 0. The van der Waals surface area contributed by atoms with Crippen molar-refractivity contribution in [2.45, 2.75) is 46.0 Å². The van der Waals surface area contributed by atoms with Crippen molar-refractivity contribution >= 4 is 23.0 Å². The van der Waals surface area contributed by atoms with Crippen molar-refractivity contribution < 1.29 is 0 Å². The highest BCUT2D eigenvalue weighted by Crippen LogP contribution is 2.43. The average Bonchev–Trinajstić information content (AvgIpc) is 2.78. The van der Waals surface area contributed by atoms with E-state index in [1.165, 1.54) is 32.1 Å². The third-order valence-electron chi connectivity index (χ3n) is 4.17. The monoisotopic (exact) mass is 280 g/mol. The zero-order valence-electron chi connectivity index (χ0n) is 12.0. The lowest BCUT2D eigenvalue weighted by atomic mass is 9.78. The molecular weight excluding hydrogens is 256 g/mol. The van der Waals surface area contributed by atoms with Gasteiger partial charge < -0.3 is 11.1 Å². The number of hydrogen-bond acceptors (Lipinski definition) is 2. The van der Waals surface area contributed by atoms with Gasteiger partial charge in [-0.1, -0.05) is 38.3 Å². The SMILES string of the molecule is CC(C)CC1(CNc2cc(Cl)ccc2N)CCCC1. The van der Waals surface area contributed by atoms with Crippen molar-refractivity contribution in [2.75, 3.05) is 17.6 Å². The zero-order chi connectivity index (χ0) is 13.9. The number of nitrogens with one attached hydrogen (secondary N) is 1. The van der Waals surface area contributed by atoms with Gasteiger partial charge in [-0.3, -0.25) is 0 Å². The van der Waals surface area contributed by atoms with Crippen LogP contribution in [0.1, 0.15) is 46.0 Å². The summed E-state index contributed by atoms with van der Waals surface area (Å²) in [6, 6.07) is 5.63. The Hall–Kier alpha value is -0.890. The molecule has 0 atom stereocenters. The summed E-state index contributed by atoms with van der Waals surface area (Å²) >= 11 is 6.04. The molecule has 2 rings (SSSR count). The second kappa shape index (κ2) is 6.04. The summed E-state index contributed by atoms with van der Waals surface area (Å²) in [5.74, 6) is 0.747. The van der Waals surface area contributed by atoms with E-state index in [1.54, 1.807) is 0 Å². The standard InChI is InChI=1S/C16H25ClN2/c1-12(2)10-16(7-3-4-8-16)11-19-15-9-13(17)5-6-14(15)18/h5-6,9,12,19H,3-4,7-8,10-11,18H2,1-2H3. The normalized spacial score (nSPS) is 17.9. The molecule has 3 N–H and O–H groups in total. The first-order valence-corrected chi connectivity index (χ1v) is 7.67. The predicted molar refractivity (Wildman–Crippen MR) is 84.7 cm³/mol. The van der Waals surface area contributed by atoms with Crippen LogP contribution in [-0.2, 0) is 0 Å². The summed E-state index contributed by atoms with van der Waals surface area (Å²) in [5.41, 5.74) is 8.20. The Kier molecular flexibility index (Phi) is 4.62. The molecule has 1 aliphatic carbocycles. The number of anilines is 2. The van der Waals surface area contributed by atoms with Crippen LogP contribution in [0.5, 0.6) is 0 Å². The molecule has 0 bridgehead atoms. The van der Waals surface area contributed by atoms with Crippen LogP contribution in [0, 0.1) is 11.3 Å². The third-order valence-corrected chi connectivity index (χ3v) is 4.41. The Morgan fingerprint density at radius 3 is 2.63 bits per heavy atom. The molecule has 0 radical (unpaired) electrons. The molecule has 1 aliphatic rings.